The van der Waals surface area contributed by atoms with E-state index in [4.69, 9.17) is 4.74 Å². The number of carbonyl (C=O) groups is 2. The smallest absolute Gasteiger partial charge is 0.338 e. The van der Waals surface area contributed by atoms with Crippen LogP contribution in [0.5, 0.6) is 0 Å². The largest absolute Gasteiger partial charge is 0.460 e. The van der Waals surface area contributed by atoms with Crippen LogP contribution in [-0.2, 0) is 14.3 Å². The molecule has 4 rings (SSSR count). The van der Waals surface area contributed by atoms with Gasteiger partial charge in [-0.15, -0.1) is 0 Å². The third-order valence-corrected chi connectivity index (χ3v) is 8.68. The molecule has 162 valence electrons. The molecule has 1 saturated heterocycles. The highest BCUT2D eigenvalue weighted by atomic mass is 16.6. The molecule has 29 heavy (non-hydrogen) atoms. The topological polar surface area (TPSA) is 165 Å². The van der Waals surface area contributed by atoms with Gasteiger partial charge in [0.15, 0.2) is 11.9 Å². The molecule has 6 N–H and O–H groups in total. The summed E-state index contributed by atoms with van der Waals surface area (Å²) in [5, 5.41) is 66.1. The van der Waals surface area contributed by atoms with Gasteiger partial charge in [-0.05, 0) is 32.3 Å². The molecule has 3 fully saturated rings. The normalized spacial score (nSPS) is 59.4. The average molecular weight is 412 g/mol. The van der Waals surface area contributed by atoms with Gasteiger partial charge in [-0.2, -0.15) is 0 Å². The van der Waals surface area contributed by atoms with Gasteiger partial charge in [0.1, 0.15) is 29.5 Å². The lowest BCUT2D eigenvalue weighted by Gasteiger charge is -2.73. The van der Waals surface area contributed by atoms with Gasteiger partial charge in [0.25, 0.3) is 0 Å². The molecule has 1 aliphatic heterocycles. The predicted octanol–water partition coefficient (Wildman–Crippen LogP) is -1.97. The van der Waals surface area contributed by atoms with Crippen molar-refractivity contribution in [1.82, 2.24) is 0 Å². The highest BCUT2D eigenvalue weighted by Crippen LogP contribution is 2.70. The molecule has 1 heterocycles. The lowest BCUT2D eigenvalue weighted by atomic mass is 9.36. The molecule has 3 aliphatic carbocycles. The number of aliphatic hydroxyl groups is 6. The summed E-state index contributed by atoms with van der Waals surface area (Å²) in [6, 6.07) is 0. The quantitative estimate of drug-likeness (QED) is 0.248. The summed E-state index contributed by atoms with van der Waals surface area (Å²) in [6.07, 6.45) is -7.01. The Morgan fingerprint density at radius 3 is 2.21 bits per heavy atom. The van der Waals surface area contributed by atoms with Gasteiger partial charge in [0.05, 0.1) is 6.10 Å². The van der Waals surface area contributed by atoms with E-state index in [9.17, 15) is 40.2 Å². The maximum atomic E-state index is 12.5. The number of hydrogen-bond donors (Lipinski definition) is 6. The van der Waals surface area contributed by atoms with Gasteiger partial charge in [0, 0.05) is 16.7 Å². The summed E-state index contributed by atoms with van der Waals surface area (Å²) in [4.78, 5) is 24.9. The number of ketones is 1. The summed E-state index contributed by atoms with van der Waals surface area (Å²) in [7, 11) is 0. The Morgan fingerprint density at radius 2 is 1.62 bits per heavy atom. The van der Waals surface area contributed by atoms with Crippen molar-refractivity contribution >= 4 is 11.8 Å². The van der Waals surface area contributed by atoms with Crippen LogP contribution in [0.1, 0.15) is 34.1 Å². The van der Waals surface area contributed by atoms with Crippen molar-refractivity contribution in [2.45, 2.75) is 75.8 Å². The minimum atomic E-state index is -2.60. The SMILES string of the molecule is CC1=CC(=O)[C@@H](O)[C@]2(C)[C@H]3[C@@H](O)[C@H](O)[C@@](C)(O)[C@]4(O)[C@@H](O)C(=O)O[C@H](C[C@@H]12)[C@]34C. The molecular weight excluding hydrogens is 384 g/mol. The first-order valence-corrected chi connectivity index (χ1v) is 9.78. The molecule has 0 aromatic heterocycles. The van der Waals surface area contributed by atoms with E-state index in [-0.39, 0.29) is 6.42 Å². The number of hydrogen-bond acceptors (Lipinski definition) is 9. The van der Waals surface area contributed by atoms with Crippen LogP contribution in [0.4, 0.5) is 0 Å². The monoisotopic (exact) mass is 412 g/mol. The average Bonchev–Trinajstić information content (AvgIpc) is 2.63. The fourth-order valence-corrected chi connectivity index (χ4v) is 7.13. The molecule has 0 bridgehead atoms. The van der Waals surface area contributed by atoms with E-state index in [2.05, 4.69) is 0 Å². The van der Waals surface area contributed by atoms with E-state index in [1.165, 1.54) is 13.0 Å². The van der Waals surface area contributed by atoms with Crippen molar-refractivity contribution in [3.05, 3.63) is 11.6 Å². The molecule has 11 atom stereocenters. The van der Waals surface area contributed by atoms with Crippen LogP contribution < -0.4 is 0 Å². The molecule has 4 aliphatic rings. The Morgan fingerprint density at radius 1 is 1.03 bits per heavy atom. The first-order valence-electron chi connectivity index (χ1n) is 9.78. The first-order chi connectivity index (χ1) is 13.2. The molecular formula is C20H28O9. The second-order valence-electron chi connectivity index (χ2n) is 9.79. The zero-order chi connectivity index (χ0) is 21.9. The number of aliphatic hydroxyl groups excluding tert-OH is 4. The van der Waals surface area contributed by atoms with Crippen LogP contribution in [0.3, 0.4) is 0 Å². The minimum absolute atomic E-state index is 0.107. The molecule has 0 amide bonds. The molecule has 9 heteroatoms. The fraction of sp³-hybridized carbons (Fsp3) is 0.800. The van der Waals surface area contributed by atoms with Crippen molar-refractivity contribution in [3.63, 3.8) is 0 Å². The van der Waals surface area contributed by atoms with Crippen molar-refractivity contribution in [3.8, 4) is 0 Å². The minimum Gasteiger partial charge on any atom is -0.460 e. The van der Waals surface area contributed by atoms with E-state index < -0.39 is 76.1 Å². The van der Waals surface area contributed by atoms with Crippen LogP contribution in [0.2, 0.25) is 0 Å². The molecule has 9 nitrogen and oxygen atoms in total. The van der Waals surface area contributed by atoms with Gasteiger partial charge in [-0.25, -0.2) is 4.79 Å². The van der Waals surface area contributed by atoms with Crippen LogP contribution >= 0.6 is 0 Å². The highest BCUT2D eigenvalue weighted by Gasteiger charge is 2.83. The maximum Gasteiger partial charge on any atom is 0.338 e. The molecule has 0 aromatic rings. The Kier molecular flexibility index (Phi) is 4.08. The number of rotatable bonds is 0. The van der Waals surface area contributed by atoms with Crippen LogP contribution in [0.15, 0.2) is 11.6 Å². The second kappa shape index (κ2) is 5.66. The van der Waals surface area contributed by atoms with E-state index in [0.29, 0.717) is 5.57 Å². The van der Waals surface area contributed by atoms with Gasteiger partial charge >= 0.3 is 5.97 Å². The standard InChI is InChI=1S/C20H28O9/c1-7-5-9(21)13(23)17(2)8(7)6-10-18(3)12(17)11(22)14(24)19(4,27)20(18,28)15(25)16(26)29-10/h5,8,10-15,22-25,27-28H,6H2,1-4H3/t8-,10+,11+,12+,13+,14-,15-,17-,18+,19+,20-/m0/s1. The van der Waals surface area contributed by atoms with Gasteiger partial charge in [-0.3, -0.25) is 4.79 Å². The number of carbonyl (C=O) groups excluding carboxylic acids is 2. The molecule has 0 aromatic carbocycles. The fourth-order valence-electron chi connectivity index (χ4n) is 7.13. The van der Waals surface area contributed by atoms with Gasteiger partial charge in [-0.1, -0.05) is 19.4 Å². The summed E-state index contributed by atoms with van der Waals surface area (Å²) >= 11 is 0. The predicted molar refractivity (Wildman–Crippen MR) is 96.1 cm³/mol. The number of allylic oxidation sites excluding steroid dienone is 1. The van der Waals surface area contributed by atoms with Crippen LogP contribution in [0.25, 0.3) is 0 Å². The van der Waals surface area contributed by atoms with E-state index in [0.717, 1.165) is 6.92 Å². The lowest BCUT2D eigenvalue weighted by Crippen LogP contribution is -2.88. The Bertz CT molecular complexity index is 821. The van der Waals surface area contributed by atoms with Crippen molar-refractivity contribution in [1.29, 1.82) is 0 Å². The second-order valence-corrected chi connectivity index (χ2v) is 9.79. The zero-order valence-corrected chi connectivity index (χ0v) is 16.7. The summed E-state index contributed by atoms with van der Waals surface area (Å²) in [6.45, 7) is 5.78. The van der Waals surface area contributed by atoms with Crippen LogP contribution in [-0.4, -0.2) is 84.1 Å². The maximum absolute atomic E-state index is 12.5. The molecule has 0 unspecified atom stereocenters. The summed E-state index contributed by atoms with van der Waals surface area (Å²) in [5.74, 6) is -3.41. The van der Waals surface area contributed by atoms with E-state index in [1.807, 2.05) is 0 Å². The molecule has 2 saturated carbocycles. The summed E-state index contributed by atoms with van der Waals surface area (Å²) in [5.41, 5.74) is -7.49. The third kappa shape index (κ3) is 1.97. The highest BCUT2D eigenvalue weighted by molar-refractivity contribution is 5.96. The lowest BCUT2D eigenvalue weighted by molar-refractivity contribution is -0.392. The number of ether oxygens (including phenoxy) is 1. The Labute approximate surface area is 167 Å². The van der Waals surface area contributed by atoms with Gasteiger partial charge in [0.2, 0.25) is 0 Å². The van der Waals surface area contributed by atoms with Crippen LogP contribution in [0, 0.1) is 22.7 Å². The van der Waals surface area contributed by atoms with Crippen molar-refractivity contribution in [2.24, 2.45) is 22.7 Å². The first kappa shape index (κ1) is 20.9. The summed E-state index contributed by atoms with van der Waals surface area (Å²) < 4.78 is 5.44. The van der Waals surface area contributed by atoms with E-state index >= 15 is 0 Å². The van der Waals surface area contributed by atoms with E-state index in [1.54, 1.807) is 13.8 Å². The zero-order valence-electron chi connectivity index (χ0n) is 16.7. The Balaban J connectivity index is 2.04. The third-order valence-electron chi connectivity index (χ3n) is 8.68. The number of esters is 1. The number of fused-ring (bicyclic) bond motifs is 2. The van der Waals surface area contributed by atoms with Crippen molar-refractivity contribution < 1.29 is 45.0 Å². The molecule has 0 radical (unpaired) electrons. The molecule has 0 spiro atoms. The van der Waals surface area contributed by atoms with Crippen molar-refractivity contribution in [2.75, 3.05) is 0 Å². The van der Waals surface area contributed by atoms with Gasteiger partial charge < -0.3 is 35.4 Å². The Hall–Kier alpha value is -1.36.